The van der Waals surface area contributed by atoms with E-state index in [4.69, 9.17) is 5.73 Å². The number of nitrogens with zero attached hydrogens (tertiary/aromatic N) is 1. The Hall–Kier alpha value is -0.610. The first kappa shape index (κ1) is 14.5. The molecular weight excluding hydrogens is 214 g/mol. The first-order valence-corrected chi connectivity index (χ1v) is 6.71. The van der Waals surface area contributed by atoms with E-state index >= 15 is 0 Å². The number of hydrogen-bond acceptors (Lipinski definition) is 3. The molecule has 0 saturated carbocycles. The van der Waals surface area contributed by atoms with E-state index in [0.717, 1.165) is 25.9 Å². The molecule has 1 amide bonds. The minimum Gasteiger partial charge on any atom is -0.352 e. The van der Waals surface area contributed by atoms with E-state index in [1.54, 1.807) is 0 Å². The number of rotatable bonds is 4. The highest BCUT2D eigenvalue weighted by atomic mass is 16.2. The van der Waals surface area contributed by atoms with Crippen LogP contribution in [0.1, 0.15) is 40.5 Å². The molecule has 1 heterocycles. The number of amides is 1. The highest BCUT2D eigenvalue weighted by Gasteiger charge is 2.24. The van der Waals surface area contributed by atoms with Crippen molar-refractivity contribution in [3.8, 4) is 0 Å². The molecule has 0 spiro atoms. The third-order valence-corrected chi connectivity index (χ3v) is 3.63. The number of hydrogen-bond donors (Lipinski definition) is 2. The minimum absolute atomic E-state index is 0.00277. The summed E-state index contributed by atoms with van der Waals surface area (Å²) in [7, 11) is 0. The largest absolute Gasteiger partial charge is 0.352 e. The van der Waals surface area contributed by atoms with E-state index in [-0.39, 0.29) is 17.9 Å². The van der Waals surface area contributed by atoms with Crippen LogP contribution in [-0.4, -0.2) is 42.0 Å². The fourth-order valence-electron chi connectivity index (χ4n) is 2.16. The van der Waals surface area contributed by atoms with E-state index in [0.29, 0.717) is 12.1 Å². The molecule has 1 fully saturated rings. The molecule has 0 aromatic rings. The lowest BCUT2D eigenvalue weighted by Crippen LogP contribution is -2.51. The second-order valence-corrected chi connectivity index (χ2v) is 5.68. The van der Waals surface area contributed by atoms with Gasteiger partial charge in [-0.2, -0.15) is 0 Å². The molecule has 0 bridgehead atoms. The van der Waals surface area contributed by atoms with Crippen LogP contribution in [0.2, 0.25) is 0 Å². The standard InChI is InChI=1S/C13H27N3O/c1-9(2)12(14)13(17)15-11-5-7-16(8-6-11)10(3)4/h9-12H,5-8,14H2,1-4H3,(H,15,17). The van der Waals surface area contributed by atoms with Gasteiger partial charge in [0.1, 0.15) is 0 Å². The number of carbonyl (C=O) groups excluding carboxylic acids is 1. The van der Waals surface area contributed by atoms with Crippen LogP contribution in [-0.2, 0) is 4.79 Å². The Balaban J connectivity index is 2.33. The first-order chi connectivity index (χ1) is 7.91. The number of nitrogens with two attached hydrogens (primary N) is 1. The molecule has 0 aliphatic carbocycles. The van der Waals surface area contributed by atoms with Crippen LogP contribution in [0.25, 0.3) is 0 Å². The van der Waals surface area contributed by atoms with Crippen molar-refractivity contribution in [1.29, 1.82) is 0 Å². The van der Waals surface area contributed by atoms with Crippen molar-refractivity contribution < 1.29 is 4.79 Å². The predicted octanol–water partition coefficient (Wildman–Crippen LogP) is 0.959. The van der Waals surface area contributed by atoms with Gasteiger partial charge < -0.3 is 16.0 Å². The van der Waals surface area contributed by atoms with Crippen molar-refractivity contribution in [2.75, 3.05) is 13.1 Å². The average molecular weight is 241 g/mol. The minimum atomic E-state index is -0.377. The maximum atomic E-state index is 11.8. The van der Waals surface area contributed by atoms with Gasteiger partial charge in [-0.15, -0.1) is 0 Å². The van der Waals surface area contributed by atoms with E-state index in [2.05, 4.69) is 24.1 Å². The van der Waals surface area contributed by atoms with Gasteiger partial charge in [0.2, 0.25) is 5.91 Å². The van der Waals surface area contributed by atoms with Crippen LogP contribution in [0.4, 0.5) is 0 Å². The zero-order valence-corrected chi connectivity index (χ0v) is 11.6. The first-order valence-electron chi connectivity index (χ1n) is 6.71. The molecule has 3 N–H and O–H groups in total. The number of likely N-dealkylation sites (tertiary alicyclic amines) is 1. The Bertz CT molecular complexity index is 245. The molecule has 17 heavy (non-hydrogen) atoms. The highest BCUT2D eigenvalue weighted by Crippen LogP contribution is 2.13. The highest BCUT2D eigenvalue weighted by molar-refractivity contribution is 5.82. The van der Waals surface area contributed by atoms with E-state index in [9.17, 15) is 4.79 Å². The molecule has 1 aliphatic rings. The van der Waals surface area contributed by atoms with Crippen molar-refractivity contribution in [3.63, 3.8) is 0 Å². The Labute approximate surface area is 105 Å². The van der Waals surface area contributed by atoms with Crippen LogP contribution in [0.5, 0.6) is 0 Å². The maximum absolute atomic E-state index is 11.8. The predicted molar refractivity (Wildman–Crippen MR) is 70.7 cm³/mol. The molecule has 1 unspecified atom stereocenters. The molecule has 4 nitrogen and oxygen atoms in total. The molecule has 1 rings (SSSR count). The summed E-state index contributed by atoms with van der Waals surface area (Å²) >= 11 is 0. The maximum Gasteiger partial charge on any atom is 0.237 e. The van der Waals surface area contributed by atoms with Crippen molar-refractivity contribution >= 4 is 5.91 Å². The third-order valence-electron chi connectivity index (χ3n) is 3.63. The summed E-state index contributed by atoms with van der Waals surface area (Å²) in [5.41, 5.74) is 5.83. The van der Waals surface area contributed by atoms with Crippen molar-refractivity contribution in [3.05, 3.63) is 0 Å². The smallest absolute Gasteiger partial charge is 0.237 e. The number of carbonyl (C=O) groups is 1. The number of nitrogens with one attached hydrogen (secondary N) is 1. The molecule has 1 saturated heterocycles. The summed E-state index contributed by atoms with van der Waals surface area (Å²) in [5, 5.41) is 3.07. The normalized spacial score (nSPS) is 20.9. The quantitative estimate of drug-likeness (QED) is 0.771. The Kier molecular flexibility index (Phi) is 5.40. The van der Waals surface area contributed by atoms with Crippen LogP contribution in [0.3, 0.4) is 0 Å². The van der Waals surface area contributed by atoms with E-state index in [1.807, 2.05) is 13.8 Å². The summed E-state index contributed by atoms with van der Waals surface area (Å²) in [4.78, 5) is 14.3. The van der Waals surface area contributed by atoms with Crippen molar-refractivity contribution in [2.24, 2.45) is 11.7 Å². The molecular formula is C13H27N3O. The van der Waals surface area contributed by atoms with E-state index in [1.165, 1.54) is 0 Å². The summed E-state index contributed by atoms with van der Waals surface area (Å²) in [6.07, 6.45) is 2.07. The fourth-order valence-corrected chi connectivity index (χ4v) is 2.16. The van der Waals surface area contributed by atoms with Gasteiger partial charge in [0.15, 0.2) is 0 Å². The van der Waals surface area contributed by atoms with E-state index < -0.39 is 0 Å². The Morgan fingerprint density at radius 1 is 1.24 bits per heavy atom. The summed E-state index contributed by atoms with van der Waals surface area (Å²) in [5.74, 6) is 0.203. The second-order valence-electron chi connectivity index (χ2n) is 5.68. The lowest BCUT2D eigenvalue weighted by atomic mass is 10.0. The summed E-state index contributed by atoms with van der Waals surface area (Å²) < 4.78 is 0. The molecule has 0 aromatic carbocycles. The molecule has 1 aliphatic heterocycles. The topological polar surface area (TPSA) is 58.4 Å². The summed E-state index contributed by atoms with van der Waals surface area (Å²) in [6.45, 7) is 10.5. The molecule has 4 heteroatoms. The zero-order valence-electron chi connectivity index (χ0n) is 11.6. The van der Waals surface area contributed by atoms with Gasteiger partial charge in [-0.3, -0.25) is 4.79 Å². The fraction of sp³-hybridized carbons (Fsp3) is 0.923. The zero-order chi connectivity index (χ0) is 13.0. The summed E-state index contributed by atoms with van der Waals surface area (Å²) in [6, 6.07) is 0.532. The Morgan fingerprint density at radius 2 is 1.76 bits per heavy atom. The van der Waals surface area contributed by atoms with Gasteiger partial charge in [-0.25, -0.2) is 0 Å². The molecule has 100 valence electrons. The molecule has 1 atom stereocenters. The lowest BCUT2D eigenvalue weighted by Gasteiger charge is -2.35. The van der Waals surface area contributed by atoms with Crippen LogP contribution < -0.4 is 11.1 Å². The van der Waals surface area contributed by atoms with Gasteiger partial charge in [0.25, 0.3) is 0 Å². The van der Waals surface area contributed by atoms with Gasteiger partial charge in [-0.05, 0) is 32.6 Å². The SMILES string of the molecule is CC(C)C(N)C(=O)NC1CCN(C(C)C)CC1. The van der Waals surface area contributed by atoms with Crippen LogP contribution in [0, 0.1) is 5.92 Å². The van der Waals surface area contributed by atoms with Crippen LogP contribution in [0.15, 0.2) is 0 Å². The average Bonchev–Trinajstić information content (AvgIpc) is 2.28. The molecule has 0 radical (unpaired) electrons. The Morgan fingerprint density at radius 3 is 2.18 bits per heavy atom. The number of piperidine rings is 1. The lowest BCUT2D eigenvalue weighted by molar-refractivity contribution is -0.124. The van der Waals surface area contributed by atoms with Crippen LogP contribution >= 0.6 is 0 Å². The molecule has 0 aromatic heterocycles. The monoisotopic (exact) mass is 241 g/mol. The van der Waals surface area contributed by atoms with Gasteiger partial charge >= 0.3 is 0 Å². The second kappa shape index (κ2) is 6.36. The van der Waals surface area contributed by atoms with Crippen molar-refractivity contribution in [1.82, 2.24) is 10.2 Å². The van der Waals surface area contributed by atoms with Crippen molar-refractivity contribution in [2.45, 2.75) is 58.7 Å². The van der Waals surface area contributed by atoms with Gasteiger partial charge in [0.05, 0.1) is 6.04 Å². The third kappa shape index (κ3) is 4.28. The van der Waals surface area contributed by atoms with Gasteiger partial charge in [-0.1, -0.05) is 13.8 Å². The van der Waals surface area contributed by atoms with Gasteiger partial charge in [0, 0.05) is 25.2 Å².